The summed E-state index contributed by atoms with van der Waals surface area (Å²) < 4.78 is 5.71. The van der Waals surface area contributed by atoms with E-state index in [2.05, 4.69) is 12.1 Å². The first-order valence-corrected chi connectivity index (χ1v) is 13.2. The third-order valence-electron chi connectivity index (χ3n) is 6.37. The Labute approximate surface area is 203 Å². The minimum Gasteiger partial charge on any atom is -0.511 e. The van der Waals surface area contributed by atoms with Crippen molar-refractivity contribution in [1.82, 2.24) is 0 Å². The van der Waals surface area contributed by atoms with Gasteiger partial charge in [-0.2, -0.15) is 0 Å². The maximum Gasteiger partial charge on any atom is 0.341 e. The first-order chi connectivity index (χ1) is 16.1. The Kier molecular flexibility index (Phi) is 6.26. The summed E-state index contributed by atoms with van der Waals surface area (Å²) in [6, 6.07) is 30.1. The Balaban J connectivity index is 1.55. The van der Waals surface area contributed by atoms with Crippen LogP contribution in [0.4, 0.5) is 0 Å². The lowest BCUT2D eigenvalue weighted by molar-refractivity contribution is -0.161. The number of rotatable bonds is 6. The summed E-state index contributed by atoms with van der Waals surface area (Å²) in [6.07, 6.45) is 1.63. The summed E-state index contributed by atoms with van der Waals surface area (Å²) >= 11 is 3.41. The average molecular weight is 475 g/mol. The second-order valence-corrected chi connectivity index (χ2v) is 11.3. The Morgan fingerprint density at radius 3 is 1.91 bits per heavy atom. The minimum absolute atomic E-state index is 0.147. The molecule has 2 aliphatic heterocycles. The van der Waals surface area contributed by atoms with Crippen molar-refractivity contribution >= 4 is 29.5 Å². The van der Waals surface area contributed by atoms with E-state index in [1.165, 1.54) is 5.56 Å². The molecule has 0 aliphatic carbocycles. The lowest BCUT2D eigenvalue weighted by Crippen LogP contribution is -2.42. The summed E-state index contributed by atoms with van der Waals surface area (Å²) in [5.74, 6) is 1.57. The molecule has 2 aliphatic rings. The van der Waals surface area contributed by atoms with Gasteiger partial charge in [-0.15, -0.1) is 23.5 Å². The first kappa shape index (κ1) is 22.2. The molecule has 5 rings (SSSR count). The number of hydrogen-bond acceptors (Lipinski definition) is 5. The number of esters is 1. The molecule has 0 amide bonds. The van der Waals surface area contributed by atoms with Gasteiger partial charge in [0.25, 0.3) is 0 Å². The molecule has 5 heteroatoms. The molecule has 2 heterocycles. The van der Waals surface area contributed by atoms with E-state index < -0.39 is 15.6 Å². The van der Waals surface area contributed by atoms with Gasteiger partial charge in [0.2, 0.25) is 0 Å². The molecule has 0 aromatic heterocycles. The molecule has 33 heavy (non-hydrogen) atoms. The second kappa shape index (κ2) is 9.32. The van der Waals surface area contributed by atoms with Gasteiger partial charge in [-0.3, -0.25) is 0 Å². The molecule has 3 aromatic rings. The van der Waals surface area contributed by atoms with Crippen LogP contribution >= 0.6 is 23.5 Å². The van der Waals surface area contributed by atoms with Gasteiger partial charge in [-0.25, -0.2) is 4.79 Å². The van der Waals surface area contributed by atoms with Crippen LogP contribution in [0.15, 0.2) is 102 Å². The minimum atomic E-state index is -0.895. The fraction of sp³-hybridized carbons (Fsp3) is 0.250. The fourth-order valence-corrected chi connectivity index (χ4v) is 8.14. The van der Waals surface area contributed by atoms with Gasteiger partial charge < -0.3 is 9.84 Å². The van der Waals surface area contributed by atoms with Gasteiger partial charge in [0, 0.05) is 17.9 Å². The normalized spacial score (nSPS) is 22.2. The smallest absolute Gasteiger partial charge is 0.341 e. The van der Waals surface area contributed by atoms with Crippen molar-refractivity contribution in [2.45, 2.75) is 28.9 Å². The van der Waals surface area contributed by atoms with Crippen LogP contribution in [0, 0.1) is 0 Å². The molecule has 1 saturated heterocycles. The summed E-state index contributed by atoms with van der Waals surface area (Å²) in [4.78, 5) is 13.7. The Bertz CT molecular complexity index is 1140. The van der Waals surface area contributed by atoms with Gasteiger partial charge in [-0.05, 0) is 29.5 Å². The number of cyclic esters (lactones) is 1. The van der Waals surface area contributed by atoms with Gasteiger partial charge in [-0.1, -0.05) is 91.0 Å². The van der Waals surface area contributed by atoms with Crippen LogP contribution in [0.5, 0.6) is 0 Å². The van der Waals surface area contributed by atoms with Gasteiger partial charge in [0.15, 0.2) is 0 Å². The van der Waals surface area contributed by atoms with E-state index in [1.54, 1.807) is 23.5 Å². The molecule has 168 valence electrons. The highest BCUT2D eigenvalue weighted by Gasteiger charge is 2.52. The van der Waals surface area contributed by atoms with Crippen LogP contribution in [-0.2, 0) is 25.6 Å². The van der Waals surface area contributed by atoms with Crippen LogP contribution < -0.4 is 0 Å². The fourth-order valence-electron chi connectivity index (χ4n) is 4.77. The van der Waals surface area contributed by atoms with Crippen molar-refractivity contribution in [3.63, 3.8) is 0 Å². The maximum atomic E-state index is 13.7. The highest BCUT2D eigenvalue weighted by atomic mass is 32.2. The number of aliphatic hydroxyl groups excluding tert-OH is 1. The number of thioether (sulfide) groups is 2. The highest BCUT2D eigenvalue weighted by molar-refractivity contribution is 8.21. The molecular weight excluding hydrogens is 448 g/mol. The quantitative estimate of drug-likeness (QED) is 0.408. The van der Waals surface area contributed by atoms with E-state index in [-0.39, 0.29) is 12.2 Å². The number of aryl methyl sites for hydroxylation is 1. The third kappa shape index (κ3) is 4.20. The van der Waals surface area contributed by atoms with E-state index in [4.69, 9.17) is 4.74 Å². The van der Waals surface area contributed by atoms with Crippen LogP contribution in [0.2, 0.25) is 0 Å². The zero-order chi connectivity index (χ0) is 22.7. The van der Waals surface area contributed by atoms with E-state index in [0.717, 1.165) is 29.1 Å². The predicted octanol–water partition coefficient (Wildman–Crippen LogP) is 6.61. The molecule has 0 saturated carbocycles. The largest absolute Gasteiger partial charge is 0.511 e. The zero-order valence-electron chi connectivity index (χ0n) is 18.3. The summed E-state index contributed by atoms with van der Waals surface area (Å²) in [6.45, 7) is 0. The number of ether oxygens (including phenoxy) is 1. The highest BCUT2D eigenvalue weighted by Crippen LogP contribution is 2.59. The van der Waals surface area contributed by atoms with Crippen LogP contribution in [0.25, 0.3) is 0 Å². The van der Waals surface area contributed by atoms with Crippen LogP contribution in [0.1, 0.15) is 29.5 Å². The number of carbonyl (C=O) groups is 1. The molecule has 0 spiro atoms. The van der Waals surface area contributed by atoms with E-state index in [0.29, 0.717) is 12.0 Å². The van der Waals surface area contributed by atoms with Crippen molar-refractivity contribution < 1.29 is 14.6 Å². The lowest BCUT2D eigenvalue weighted by atomic mass is 9.81. The summed E-state index contributed by atoms with van der Waals surface area (Å²) in [7, 11) is 0. The Morgan fingerprint density at radius 1 is 0.788 bits per heavy atom. The average Bonchev–Trinajstić information content (AvgIpc) is 3.35. The molecule has 1 fully saturated rings. The predicted molar refractivity (Wildman–Crippen MR) is 136 cm³/mol. The molecule has 0 radical (unpaired) electrons. The van der Waals surface area contributed by atoms with Gasteiger partial charge in [0.1, 0.15) is 21.0 Å². The number of hydrogen-bond donors (Lipinski definition) is 1. The number of aliphatic hydroxyl groups is 1. The molecule has 3 nitrogen and oxygen atoms in total. The van der Waals surface area contributed by atoms with E-state index in [9.17, 15) is 9.90 Å². The van der Waals surface area contributed by atoms with Crippen molar-refractivity contribution in [3.05, 3.63) is 119 Å². The Morgan fingerprint density at radius 2 is 1.33 bits per heavy atom. The molecule has 1 N–H and O–H groups in total. The monoisotopic (exact) mass is 474 g/mol. The van der Waals surface area contributed by atoms with E-state index in [1.807, 2.05) is 78.9 Å². The van der Waals surface area contributed by atoms with Crippen LogP contribution in [0.3, 0.4) is 0 Å². The van der Waals surface area contributed by atoms with E-state index >= 15 is 0 Å². The topological polar surface area (TPSA) is 46.5 Å². The number of benzene rings is 3. The summed E-state index contributed by atoms with van der Waals surface area (Å²) in [5, 5.41) is 11.5. The standard InChI is InChI=1S/C28H26O3S2/c29-24-20-27(22-12-6-2-7-13-22,17-16-21-10-4-1-5-11-21)31-26(30)25(24)28(32-18-19-33-28)23-14-8-3-9-15-23/h1-15,29H,16-20H2. The molecule has 1 unspecified atom stereocenters. The first-order valence-electron chi connectivity index (χ1n) is 11.2. The second-order valence-electron chi connectivity index (χ2n) is 8.41. The molecule has 3 aromatic carbocycles. The van der Waals surface area contributed by atoms with Crippen molar-refractivity contribution in [2.24, 2.45) is 0 Å². The molecular formula is C28H26O3S2. The third-order valence-corrected chi connectivity index (χ3v) is 9.85. The van der Waals surface area contributed by atoms with Crippen molar-refractivity contribution in [1.29, 1.82) is 0 Å². The molecule has 0 bridgehead atoms. The molecule has 1 atom stereocenters. The lowest BCUT2D eigenvalue weighted by Gasteiger charge is -2.41. The van der Waals surface area contributed by atoms with Gasteiger partial charge >= 0.3 is 5.97 Å². The van der Waals surface area contributed by atoms with Gasteiger partial charge in [0.05, 0.1) is 0 Å². The summed E-state index contributed by atoms with van der Waals surface area (Å²) in [5.41, 5.74) is 2.62. The Hall–Kier alpha value is -2.63. The maximum absolute atomic E-state index is 13.7. The zero-order valence-corrected chi connectivity index (χ0v) is 19.9. The van der Waals surface area contributed by atoms with Crippen molar-refractivity contribution in [2.75, 3.05) is 11.5 Å². The van der Waals surface area contributed by atoms with Crippen molar-refractivity contribution in [3.8, 4) is 0 Å². The number of carbonyl (C=O) groups excluding carboxylic acids is 1. The van der Waals surface area contributed by atoms with Crippen LogP contribution in [-0.4, -0.2) is 22.6 Å². The SMILES string of the molecule is O=C1OC(CCc2ccccc2)(c2ccccc2)CC(O)=C1C1(c2ccccc2)SCCS1.